The summed E-state index contributed by atoms with van der Waals surface area (Å²) >= 11 is 0. The van der Waals surface area contributed by atoms with Gasteiger partial charge in [-0.15, -0.1) is 0 Å². The number of benzene rings is 2. The molecule has 2 aromatic carbocycles. The number of anilines is 1. The third-order valence-electron chi connectivity index (χ3n) is 3.60. The topological polar surface area (TPSA) is 46.3 Å². The van der Waals surface area contributed by atoms with Crippen molar-refractivity contribution < 1.29 is 4.79 Å². The summed E-state index contributed by atoms with van der Waals surface area (Å²) in [5, 5.41) is 0. The first kappa shape index (κ1) is 11.9. The van der Waals surface area contributed by atoms with Crippen molar-refractivity contribution in [3.8, 4) is 0 Å². The Labute approximate surface area is 112 Å². The number of nitrogens with zero attached hydrogens (tertiary/aromatic N) is 1. The van der Waals surface area contributed by atoms with Crippen molar-refractivity contribution in [3.05, 3.63) is 65.7 Å². The SMILES string of the molecule is NCc1ccccc1N1C(=O)CC1c1ccccc1. The highest BCUT2D eigenvalue weighted by molar-refractivity contribution is 6.01. The van der Waals surface area contributed by atoms with E-state index in [1.54, 1.807) is 0 Å². The van der Waals surface area contributed by atoms with Crippen molar-refractivity contribution in [2.75, 3.05) is 4.90 Å². The average Bonchev–Trinajstić information content (AvgIpc) is 2.46. The molecule has 1 aliphatic heterocycles. The number of amides is 1. The highest BCUT2D eigenvalue weighted by atomic mass is 16.2. The Morgan fingerprint density at radius 2 is 1.74 bits per heavy atom. The Kier molecular flexibility index (Phi) is 3.05. The molecule has 2 aromatic rings. The van der Waals surface area contributed by atoms with E-state index in [0.29, 0.717) is 13.0 Å². The van der Waals surface area contributed by atoms with Crippen LogP contribution in [0.4, 0.5) is 5.69 Å². The molecule has 0 bridgehead atoms. The maximum absolute atomic E-state index is 12.0. The van der Waals surface area contributed by atoms with Crippen molar-refractivity contribution in [2.24, 2.45) is 5.73 Å². The van der Waals surface area contributed by atoms with Crippen molar-refractivity contribution in [1.82, 2.24) is 0 Å². The molecule has 1 fully saturated rings. The van der Waals surface area contributed by atoms with Crippen LogP contribution in [-0.2, 0) is 11.3 Å². The molecule has 2 N–H and O–H groups in total. The van der Waals surface area contributed by atoms with Gasteiger partial charge in [0.15, 0.2) is 0 Å². The minimum Gasteiger partial charge on any atom is -0.326 e. The van der Waals surface area contributed by atoms with Gasteiger partial charge in [0.2, 0.25) is 5.91 Å². The normalized spacial score (nSPS) is 18.3. The lowest BCUT2D eigenvalue weighted by molar-refractivity contribution is -0.124. The molecule has 1 unspecified atom stereocenters. The Morgan fingerprint density at radius 3 is 2.42 bits per heavy atom. The number of carbonyl (C=O) groups is 1. The standard InChI is InChI=1S/C16H16N2O/c17-11-13-8-4-5-9-14(13)18-15(10-16(18)19)12-6-2-1-3-7-12/h1-9,15H,10-11,17H2. The minimum absolute atomic E-state index is 0.140. The monoisotopic (exact) mass is 252 g/mol. The first-order valence-electron chi connectivity index (χ1n) is 6.46. The highest BCUT2D eigenvalue weighted by Gasteiger charge is 2.38. The van der Waals surface area contributed by atoms with Gasteiger partial charge in [0.05, 0.1) is 12.5 Å². The minimum atomic E-state index is 0.140. The first-order chi connectivity index (χ1) is 9.31. The fraction of sp³-hybridized carbons (Fsp3) is 0.188. The zero-order valence-electron chi connectivity index (χ0n) is 10.6. The second-order valence-corrected chi connectivity index (χ2v) is 4.73. The molecule has 96 valence electrons. The van der Waals surface area contributed by atoms with Gasteiger partial charge in [-0.25, -0.2) is 0 Å². The summed E-state index contributed by atoms with van der Waals surface area (Å²) in [4.78, 5) is 13.8. The zero-order chi connectivity index (χ0) is 13.2. The van der Waals surface area contributed by atoms with E-state index in [1.807, 2.05) is 47.4 Å². The van der Waals surface area contributed by atoms with E-state index in [4.69, 9.17) is 5.73 Å². The number of rotatable bonds is 3. The van der Waals surface area contributed by atoms with Crippen molar-refractivity contribution >= 4 is 11.6 Å². The first-order valence-corrected chi connectivity index (χ1v) is 6.46. The average molecular weight is 252 g/mol. The van der Waals surface area contributed by atoms with E-state index in [-0.39, 0.29) is 11.9 Å². The molecule has 0 spiro atoms. The van der Waals surface area contributed by atoms with Crippen LogP contribution >= 0.6 is 0 Å². The smallest absolute Gasteiger partial charge is 0.230 e. The Bertz CT molecular complexity index is 595. The molecule has 1 atom stereocenters. The number of nitrogens with two attached hydrogens (primary N) is 1. The zero-order valence-corrected chi connectivity index (χ0v) is 10.6. The van der Waals surface area contributed by atoms with Crippen LogP contribution in [0.2, 0.25) is 0 Å². The molecule has 19 heavy (non-hydrogen) atoms. The number of carbonyl (C=O) groups excluding carboxylic acids is 1. The predicted molar refractivity (Wildman–Crippen MR) is 75.6 cm³/mol. The van der Waals surface area contributed by atoms with E-state index in [0.717, 1.165) is 11.3 Å². The second kappa shape index (κ2) is 4.86. The lowest BCUT2D eigenvalue weighted by Crippen LogP contribution is -2.47. The summed E-state index contributed by atoms with van der Waals surface area (Å²) in [5.74, 6) is 0.162. The van der Waals surface area contributed by atoms with Gasteiger partial charge in [0.25, 0.3) is 0 Å². The predicted octanol–water partition coefficient (Wildman–Crippen LogP) is 2.62. The summed E-state index contributed by atoms with van der Waals surface area (Å²) in [6.45, 7) is 0.446. The molecule has 0 aromatic heterocycles. The largest absolute Gasteiger partial charge is 0.326 e. The molecule has 1 heterocycles. The van der Waals surface area contributed by atoms with Crippen LogP contribution in [0.25, 0.3) is 0 Å². The number of para-hydroxylation sites is 1. The summed E-state index contributed by atoms with van der Waals surface area (Å²) in [7, 11) is 0. The van der Waals surface area contributed by atoms with Crippen LogP contribution in [0.15, 0.2) is 54.6 Å². The molecule has 0 saturated carbocycles. The van der Waals surface area contributed by atoms with Crippen LogP contribution in [0.1, 0.15) is 23.6 Å². The molecule has 3 nitrogen and oxygen atoms in total. The molecule has 1 amide bonds. The number of β-lactam (4-membered cyclic amide) rings is 1. The van der Waals surface area contributed by atoms with E-state index in [2.05, 4.69) is 12.1 Å². The summed E-state index contributed by atoms with van der Waals surface area (Å²) in [6.07, 6.45) is 0.572. The molecular weight excluding hydrogens is 236 g/mol. The van der Waals surface area contributed by atoms with E-state index in [1.165, 1.54) is 5.56 Å². The van der Waals surface area contributed by atoms with Gasteiger partial charge in [-0.05, 0) is 17.2 Å². The van der Waals surface area contributed by atoms with Gasteiger partial charge in [-0.2, -0.15) is 0 Å². The third-order valence-corrected chi connectivity index (χ3v) is 3.60. The Morgan fingerprint density at radius 1 is 1.05 bits per heavy atom. The third kappa shape index (κ3) is 2.02. The molecule has 1 saturated heterocycles. The summed E-state index contributed by atoms with van der Waals surface area (Å²) in [6, 6.07) is 18.1. The fourth-order valence-corrected chi connectivity index (χ4v) is 2.58. The van der Waals surface area contributed by atoms with Crippen LogP contribution < -0.4 is 10.6 Å². The lowest BCUT2D eigenvalue weighted by Gasteiger charge is -2.41. The molecule has 0 aliphatic carbocycles. The Balaban J connectivity index is 1.97. The van der Waals surface area contributed by atoms with Crippen LogP contribution in [0.5, 0.6) is 0 Å². The van der Waals surface area contributed by atoms with Gasteiger partial charge < -0.3 is 10.6 Å². The van der Waals surface area contributed by atoms with Gasteiger partial charge in [0.1, 0.15) is 0 Å². The summed E-state index contributed by atoms with van der Waals surface area (Å²) in [5.41, 5.74) is 8.88. The quantitative estimate of drug-likeness (QED) is 0.853. The van der Waals surface area contributed by atoms with Crippen molar-refractivity contribution in [1.29, 1.82) is 0 Å². The highest BCUT2D eigenvalue weighted by Crippen LogP contribution is 2.39. The maximum Gasteiger partial charge on any atom is 0.230 e. The maximum atomic E-state index is 12.0. The summed E-state index contributed by atoms with van der Waals surface area (Å²) < 4.78 is 0. The van der Waals surface area contributed by atoms with Crippen molar-refractivity contribution in [2.45, 2.75) is 19.0 Å². The fourth-order valence-electron chi connectivity index (χ4n) is 2.58. The number of hydrogen-bond donors (Lipinski definition) is 1. The van der Waals surface area contributed by atoms with Crippen LogP contribution in [0, 0.1) is 0 Å². The van der Waals surface area contributed by atoms with Gasteiger partial charge in [0, 0.05) is 12.2 Å². The van der Waals surface area contributed by atoms with Crippen molar-refractivity contribution in [3.63, 3.8) is 0 Å². The van der Waals surface area contributed by atoms with Gasteiger partial charge >= 0.3 is 0 Å². The number of hydrogen-bond acceptors (Lipinski definition) is 2. The second-order valence-electron chi connectivity index (χ2n) is 4.73. The van der Waals surface area contributed by atoms with Gasteiger partial charge in [-0.3, -0.25) is 4.79 Å². The molecule has 3 heteroatoms. The molecule has 3 rings (SSSR count). The van der Waals surface area contributed by atoms with E-state index in [9.17, 15) is 4.79 Å². The molecule has 0 radical (unpaired) electrons. The Hall–Kier alpha value is -2.13. The van der Waals surface area contributed by atoms with Crippen LogP contribution in [-0.4, -0.2) is 5.91 Å². The molecule has 1 aliphatic rings. The van der Waals surface area contributed by atoms with E-state index >= 15 is 0 Å². The lowest BCUT2D eigenvalue weighted by atomic mass is 9.92. The van der Waals surface area contributed by atoms with E-state index < -0.39 is 0 Å². The van der Waals surface area contributed by atoms with Gasteiger partial charge in [-0.1, -0.05) is 48.5 Å². The van der Waals surface area contributed by atoms with Crippen LogP contribution in [0.3, 0.4) is 0 Å². The molecular formula is C16H16N2O.